The summed E-state index contributed by atoms with van der Waals surface area (Å²) in [6.45, 7) is 6.51. The molecule has 78 valence electrons. The van der Waals surface area contributed by atoms with Crippen molar-refractivity contribution in [1.82, 2.24) is 4.98 Å². The molecule has 0 fully saturated rings. The first-order valence-electron chi connectivity index (χ1n) is 4.86. The summed E-state index contributed by atoms with van der Waals surface area (Å²) in [4.78, 5) is 4.15. The number of nitrogens with two attached hydrogens (primary N) is 1. The average Bonchev–Trinajstić information content (AvgIpc) is 2.16. The Morgan fingerprint density at radius 3 is 2.36 bits per heavy atom. The normalized spacial score (nSPS) is 12.9. The Kier molecular flexibility index (Phi) is 3.33. The van der Waals surface area contributed by atoms with E-state index in [9.17, 15) is 0 Å². The zero-order valence-electron chi connectivity index (χ0n) is 9.24. The van der Waals surface area contributed by atoms with E-state index >= 15 is 0 Å². The van der Waals surface area contributed by atoms with Crippen LogP contribution in [0.3, 0.4) is 0 Å². The van der Waals surface area contributed by atoms with Gasteiger partial charge in [0.25, 0.3) is 0 Å². The molecule has 0 amide bonds. The smallest absolute Gasteiger partial charge is 0.214 e. The van der Waals surface area contributed by atoms with Gasteiger partial charge in [-0.2, -0.15) is 4.98 Å². The van der Waals surface area contributed by atoms with Crippen molar-refractivity contribution in [3.8, 4) is 5.88 Å². The number of methoxy groups -OCH3 is 1. The van der Waals surface area contributed by atoms with E-state index in [1.54, 1.807) is 7.11 Å². The Hall–Kier alpha value is -1.25. The van der Waals surface area contributed by atoms with E-state index in [2.05, 4.69) is 25.8 Å². The molecule has 1 heterocycles. The lowest BCUT2D eigenvalue weighted by Crippen LogP contribution is -2.07. The van der Waals surface area contributed by atoms with Gasteiger partial charge in [0.1, 0.15) is 5.82 Å². The molecule has 0 bridgehead atoms. The predicted octanol–water partition coefficient (Wildman–Crippen LogP) is 2.43. The van der Waals surface area contributed by atoms with Gasteiger partial charge in [0.05, 0.1) is 7.11 Å². The van der Waals surface area contributed by atoms with Crippen LogP contribution in [-0.4, -0.2) is 12.1 Å². The molecule has 0 radical (unpaired) electrons. The molecule has 2 N–H and O–H groups in total. The van der Waals surface area contributed by atoms with Gasteiger partial charge in [-0.3, -0.25) is 0 Å². The van der Waals surface area contributed by atoms with Crippen LogP contribution in [0, 0.1) is 5.92 Å². The Bertz CT molecular complexity index is 310. The molecule has 14 heavy (non-hydrogen) atoms. The lowest BCUT2D eigenvalue weighted by Gasteiger charge is -2.17. The maximum Gasteiger partial charge on any atom is 0.214 e. The van der Waals surface area contributed by atoms with Gasteiger partial charge < -0.3 is 10.5 Å². The first kappa shape index (κ1) is 10.8. The van der Waals surface area contributed by atoms with E-state index in [0.29, 0.717) is 23.5 Å². The van der Waals surface area contributed by atoms with E-state index in [4.69, 9.17) is 10.5 Å². The van der Waals surface area contributed by atoms with Crippen molar-refractivity contribution < 1.29 is 4.74 Å². The molecule has 0 saturated carbocycles. The summed E-state index contributed by atoms with van der Waals surface area (Å²) < 4.78 is 5.00. The molecule has 0 spiro atoms. The molecular formula is C11H18N2O. The number of hydrogen-bond donors (Lipinski definition) is 1. The molecule has 1 rings (SSSR count). The zero-order valence-corrected chi connectivity index (χ0v) is 9.24. The number of pyridine rings is 1. The van der Waals surface area contributed by atoms with Gasteiger partial charge in [-0.15, -0.1) is 0 Å². The summed E-state index contributed by atoms with van der Waals surface area (Å²) in [5.74, 6) is 2.13. The molecular weight excluding hydrogens is 176 g/mol. The predicted molar refractivity (Wildman–Crippen MR) is 58.5 cm³/mol. The first-order chi connectivity index (χ1) is 6.56. The topological polar surface area (TPSA) is 48.1 Å². The fourth-order valence-electron chi connectivity index (χ4n) is 1.32. The van der Waals surface area contributed by atoms with Gasteiger partial charge in [0.2, 0.25) is 5.88 Å². The standard InChI is InChI=1S/C11H18N2O/c1-7(2)8(3)9-5-6-10(14-4)13-11(9)12/h5-8H,1-4H3,(H2,12,13). The Morgan fingerprint density at radius 1 is 1.29 bits per heavy atom. The van der Waals surface area contributed by atoms with E-state index in [0.717, 1.165) is 5.56 Å². The highest BCUT2D eigenvalue weighted by Crippen LogP contribution is 2.28. The maximum absolute atomic E-state index is 5.84. The van der Waals surface area contributed by atoms with Crippen LogP contribution in [0.25, 0.3) is 0 Å². The van der Waals surface area contributed by atoms with Crippen molar-refractivity contribution in [2.45, 2.75) is 26.7 Å². The van der Waals surface area contributed by atoms with Gasteiger partial charge in [0, 0.05) is 6.07 Å². The molecule has 1 atom stereocenters. The third kappa shape index (κ3) is 2.16. The Labute approximate surface area is 85.3 Å². The average molecular weight is 194 g/mol. The fraction of sp³-hybridized carbons (Fsp3) is 0.545. The van der Waals surface area contributed by atoms with Crippen molar-refractivity contribution in [2.24, 2.45) is 5.92 Å². The number of ether oxygens (including phenoxy) is 1. The van der Waals surface area contributed by atoms with Crippen LogP contribution in [-0.2, 0) is 0 Å². The van der Waals surface area contributed by atoms with E-state index in [-0.39, 0.29) is 0 Å². The number of nitrogens with zero attached hydrogens (tertiary/aromatic N) is 1. The third-order valence-electron chi connectivity index (χ3n) is 2.63. The lowest BCUT2D eigenvalue weighted by molar-refractivity contribution is 0.397. The largest absolute Gasteiger partial charge is 0.481 e. The third-order valence-corrected chi connectivity index (χ3v) is 2.63. The molecule has 0 aliphatic carbocycles. The highest BCUT2D eigenvalue weighted by molar-refractivity contribution is 5.44. The van der Waals surface area contributed by atoms with Crippen molar-refractivity contribution >= 4 is 5.82 Å². The minimum absolute atomic E-state index is 0.424. The van der Waals surface area contributed by atoms with Crippen LogP contribution >= 0.6 is 0 Å². The first-order valence-corrected chi connectivity index (χ1v) is 4.86. The Balaban J connectivity index is 2.99. The van der Waals surface area contributed by atoms with Gasteiger partial charge in [-0.25, -0.2) is 0 Å². The van der Waals surface area contributed by atoms with Crippen LogP contribution in [0.1, 0.15) is 32.3 Å². The monoisotopic (exact) mass is 194 g/mol. The molecule has 1 aromatic heterocycles. The second kappa shape index (κ2) is 4.31. The number of anilines is 1. The van der Waals surface area contributed by atoms with Gasteiger partial charge in [-0.05, 0) is 23.5 Å². The SMILES string of the molecule is COc1ccc(C(C)C(C)C)c(N)n1. The second-order valence-corrected chi connectivity index (χ2v) is 3.86. The molecule has 0 aliphatic rings. The maximum atomic E-state index is 5.84. The summed E-state index contributed by atoms with van der Waals surface area (Å²) in [5.41, 5.74) is 6.94. The summed E-state index contributed by atoms with van der Waals surface area (Å²) in [6.07, 6.45) is 0. The molecule has 0 aliphatic heterocycles. The summed E-state index contributed by atoms with van der Waals surface area (Å²) in [6, 6.07) is 3.84. The van der Waals surface area contributed by atoms with Crippen molar-refractivity contribution in [1.29, 1.82) is 0 Å². The fourth-order valence-corrected chi connectivity index (χ4v) is 1.32. The molecule has 1 unspecified atom stereocenters. The van der Waals surface area contributed by atoms with E-state index < -0.39 is 0 Å². The van der Waals surface area contributed by atoms with Gasteiger partial charge >= 0.3 is 0 Å². The van der Waals surface area contributed by atoms with Gasteiger partial charge in [0.15, 0.2) is 0 Å². The molecule has 0 aromatic carbocycles. The summed E-state index contributed by atoms with van der Waals surface area (Å²) in [7, 11) is 1.59. The second-order valence-electron chi connectivity index (χ2n) is 3.86. The molecule has 1 aromatic rings. The molecule has 3 heteroatoms. The molecule has 0 saturated heterocycles. The number of hydrogen-bond acceptors (Lipinski definition) is 3. The van der Waals surface area contributed by atoms with Crippen LogP contribution in [0.2, 0.25) is 0 Å². The Morgan fingerprint density at radius 2 is 1.93 bits per heavy atom. The minimum Gasteiger partial charge on any atom is -0.481 e. The van der Waals surface area contributed by atoms with Crippen LogP contribution in [0.4, 0.5) is 5.82 Å². The quantitative estimate of drug-likeness (QED) is 0.804. The molecule has 3 nitrogen and oxygen atoms in total. The van der Waals surface area contributed by atoms with Crippen LogP contribution < -0.4 is 10.5 Å². The zero-order chi connectivity index (χ0) is 10.7. The van der Waals surface area contributed by atoms with Crippen LogP contribution in [0.5, 0.6) is 5.88 Å². The number of nitrogen functional groups attached to an aromatic ring is 1. The highest BCUT2D eigenvalue weighted by Gasteiger charge is 2.14. The van der Waals surface area contributed by atoms with Crippen molar-refractivity contribution in [3.05, 3.63) is 17.7 Å². The highest BCUT2D eigenvalue weighted by atomic mass is 16.5. The summed E-state index contributed by atoms with van der Waals surface area (Å²) >= 11 is 0. The van der Waals surface area contributed by atoms with Crippen molar-refractivity contribution in [3.63, 3.8) is 0 Å². The van der Waals surface area contributed by atoms with Crippen LogP contribution in [0.15, 0.2) is 12.1 Å². The minimum atomic E-state index is 0.424. The van der Waals surface area contributed by atoms with Gasteiger partial charge in [-0.1, -0.05) is 20.8 Å². The van der Waals surface area contributed by atoms with E-state index in [1.165, 1.54) is 0 Å². The van der Waals surface area contributed by atoms with E-state index in [1.807, 2.05) is 12.1 Å². The summed E-state index contributed by atoms with van der Waals surface area (Å²) in [5, 5.41) is 0. The lowest BCUT2D eigenvalue weighted by atomic mass is 9.91. The van der Waals surface area contributed by atoms with Crippen molar-refractivity contribution in [2.75, 3.05) is 12.8 Å². The number of rotatable bonds is 3. The number of aromatic nitrogens is 1.